The minimum absolute atomic E-state index is 0.134. The quantitative estimate of drug-likeness (QED) is 0.768. The molecule has 0 amide bonds. The molecule has 0 unspecified atom stereocenters. The first kappa shape index (κ1) is 9.58. The van der Waals surface area contributed by atoms with Crippen LogP contribution in [-0.2, 0) is 0 Å². The van der Waals surface area contributed by atoms with Gasteiger partial charge in [0.1, 0.15) is 0 Å². The van der Waals surface area contributed by atoms with Gasteiger partial charge in [0, 0.05) is 18.4 Å². The van der Waals surface area contributed by atoms with E-state index < -0.39 is 0 Å². The van der Waals surface area contributed by atoms with Crippen LogP contribution in [0.3, 0.4) is 0 Å². The van der Waals surface area contributed by atoms with E-state index in [1.807, 2.05) is 11.8 Å². The fourth-order valence-electron chi connectivity index (χ4n) is 1.49. The molecule has 1 aromatic heterocycles. The van der Waals surface area contributed by atoms with Crippen LogP contribution >= 0.6 is 11.8 Å². The van der Waals surface area contributed by atoms with Gasteiger partial charge in [-0.1, -0.05) is 0 Å². The minimum atomic E-state index is -0.134. The topological polar surface area (TPSA) is 57.8 Å². The number of hydrogen-bond acceptors (Lipinski definition) is 4. The van der Waals surface area contributed by atoms with E-state index in [0.717, 1.165) is 12.8 Å². The van der Waals surface area contributed by atoms with Crippen LogP contribution in [0.5, 0.6) is 0 Å². The van der Waals surface area contributed by atoms with E-state index in [0.29, 0.717) is 11.9 Å². The molecule has 1 aliphatic rings. The fraction of sp³-hybridized carbons (Fsp3) is 0.556. The summed E-state index contributed by atoms with van der Waals surface area (Å²) in [6.45, 7) is 0. The Labute approximate surface area is 86.5 Å². The first-order valence-electron chi connectivity index (χ1n) is 4.74. The molecule has 1 fully saturated rings. The molecule has 0 bridgehead atoms. The zero-order valence-corrected chi connectivity index (χ0v) is 8.64. The number of rotatable bonds is 2. The van der Waals surface area contributed by atoms with Crippen molar-refractivity contribution in [3.05, 3.63) is 22.7 Å². The molecule has 0 aliphatic carbocycles. The maximum atomic E-state index is 11.3. The second kappa shape index (κ2) is 4.50. The predicted molar refractivity (Wildman–Crippen MR) is 58.8 cm³/mol. The maximum Gasteiger partial charge on any atom is 0.290 e. The third kappa shape index (κ3) is 2.29. The summed E-state index contributed by atoms with van der Waals surface area (Å²) < 4.78 is 0. The third-order valence-electron chi connectivity index (χ3n) is 2.27. The molecule has 0 radical (unpaired) electrons. The molecule has 2 heterocycles. The zero-order valence-electron chi connectivity index (χ0n) is 7.82. The zero-order chi connectivity index (χ0) is 9.80. The van der Waals surface area contributed by atoms with Crippen molar-refractivity contribution < 1.29 is 0 Å². The highest BCUT2D eigenvalue weighted by Crippen LogP contribution is 2.18. The second-order valence-electron chi connectivity index (χ2n) is 3.30. The highest BCUT2D eigenvalue weighted by atomic mass is 32.2. The van der Waals surface area contributed by atoms with Crippen LogP contribution < -0.4 is 10.9 Å². The van der Waals surface area contributed by atoms with Gasteiger partial charge in [0.05, 0.1) is 0 Å². The maximum absolute atomic E-state index is 11.3. The first-order valence-corrected chi connectivity index (χ1v) is 5.90. The van der Waals surface area contributed by atoms with Crippen molar-refractivity contribution in [2.45, 2.75) is 18.9 Å². The summed E-state index contributed by atoms with van der Waals surface area (Å²) in [4.78, 5) is 17.9. The van der Waals surface area contributed by atoms with Gasteiger partial charge in [-0.05, 0) is 24.3 Å². The Balaban J connectivity index is 2.03. The van der Waals surface area contributed by atoms with E-state index in [1.54, 1.807) is 12.4 Å². The molecule has 0 aromatic carbocycles. The molecule has 5 heteroatoms. The van der Waals surface area contributed by atoms with Crippen molar-refractivity contribution in [3.63, 3.8) is 0 Å². The number of nitrogens with zero attached hydrogens (tertiary/aromatic N) is 1. The molecule has 4 nitrogen and oxygen atoms in total. The van der Waals surface area contributed by atoms with Gasteiger partial charge >= 0.3 is 0 Å². The van der Waals surface area contributed by atoms with E-state index in [9.17, 15) is 4.79 Å². The fourth-order valence-corrected chi connectivity index (χ4v) is 2.60. The number of aromatic nitrogens is 2. The van der Waals surface area contributed by atoms with Crippen molar-refractivity contribution in [2.75, 3.05) is 16.8 Å². The van der Waals surface area contributed by atoms with Gasteiger partial charge in [0.2, 0.25) is 0 Å². The third-order valence-corrected chi connectivity index (χ3v) is 3.32. The van der Waals surface area contributed by atoms with Gasteiger partial charge < -0.3 is 10.3 Å². The lowest BCUT2D eigenvalue weighted by Gasteiger charge is -2.22. The highest BCUT2D eigenvalue weighted by molar-refractivity contribution is 7.99. The van der Waals surface area contributed by atoms with Crippen LogP contribution in [0, 0.1) is 0 Å². The van der Waals surface area contributed by atoms with Crippen LogP contribution in [0.25, 0.3) is 0 Å². The van der Waals surface area contributed by atoms with Crippen molar-refractivity contribution in [1.82, 2.24) is 9.97 Å². The summed E-state index contributed by atoms with van der Waals surface area (Å²) in [6, 6.07) is 0.409. The highest BCUT2D eigenvalue weighted by Gasteiger charge is 2.14. The Kier molecular flexibility index (Phi) is 3.08. The summed E-state index contributed by atoms with van der Waals surface area (Å²) in [6.07, 6.45) is 5.37. The van der Waals surface area contributed by atoms with Gasteiger partial charge in [-0.15, -0.1) is 0 Å². The Morgan fingerprint density at radius 2 is 2.29 bits per heavy atom. The molecular weight excluding hydrogens is 198 g/mol. The summed E-state index contributed by atoms with van der Waals surface area (Å²) in [7, 11) is 0. The number of anilines is 1. The molecule has 1 aromatic rings. The van der Waals surface area contributed by atoms with Crippen molar-refractivity contribution in [3.8, 4) is 0 Å². The van der Waals surface area contributed by atoms with Gasteiger partial charge in [0.25, 0.3) is 5.56 Å². The van der Waals surface area contributed by atoms with Crippen LogP contribution in [0.1, 0.15) is 12.8 Å². The monoisotopic (exact) mass is 211 g/mol. The molecule has 0 spiro atoms. The first-order chi connectivity index (χ1) is 6.86. The lowest BCUT2D eigenvalue weighted by atomic mass is 10.1. The standard InChI is InChI=1S/C9H13N3OS/c13-9-8(10-3-4-11-9)12-7-1-5-14-6-2-7/h3-4,7H,1-2,5-6H2,(H,10,12)(H,11,13). The smallest absolute Gasteiger partial charge is 0.290 e. The van der Waals surface area contributed by atoms with E-state index in [1.165, 1.54) is 11.5 Å². The largest absolute Gasteiger partial charge is 0.363 e. The molecule has 76 valence electrons. The molecule has 0 saturated carbocycles. The number of aromatic amines is 1. The van der Waals surface area contributed by atoms with Crippen LogP contribution in [0.4, 0.5) is 5.82 Å². The van der Waals surface area contributed by atoms with Crippen LogP contribution in [-0.4, -0.2) is 27.5 Å². The molecular formula is C9H13N3OS. The van der Waals surface area contributed by atoms with Crippen molar-refractivity contribution in [1.29, 1.82) is 0 Å². The Bertz CT molecular complexity index is 346. The molecule has 1 saturated heterocycles. The van der Waals surface area contributed by atoms with Gasteiger partial charge in [-0.3, -0.25) is 4.79 Å². The number of hydrogen-bond donors (Lipinski definition) is 2. The van der Waals surface area contributed by atoms with E-state index in [4.69, 9.17) is 0 Å². The molecule has 2 rings (SSSR count). The van der Waals surface area contributed by atoms with Crippen molar-refractivity contribution in [2.24, 2.45) is 0 Å². The molecule has 0 atom stereocenters. The Morgan fingerprint density at radius 1 is 1.50 bits per heavy atom. The van der Waals surface area contributed by atoms with Crippen LogP contribution in [0.15, 0.2) is 17.2 Å². The van der Waals surface area contributed by atoms with Crippen LogP contribution in [0.2, 0.25) is 0 Å². The Morgan fingerprint density at radius 3 is 3.00 bits per heavy atom. The minimum Gasteiger partial charge on any atom is -0.363 e. The van der Waals surface area contributed by atoms with E-state index in [2.05, 4.69) is 15.3 Å². The summed E-state index contributed by atoms with van der Waals surface area (Å²) in [5.74, 6) is 2.79. The lowest BCUT2D eigenvalue weighted by Crippen LogP contribution is -2.28. The second-order valence-corrected chi connectivity index (χ2v) is 4.52. The Hall–Kier alpha value is -0.970. The van der Waals surface area contributed by atoms with Crippen molar-refractivity contribution >= 4 is 17.6 Å². The van der Waals surface area contributed by atoms with E-state index in [-0.39, 0.29) is 5.56 Å². The number of nitrogens with one attached hydrogen (secondary N) is 2. The molecule has 14 heavy (non-hydrogen) atoms. The lowest BCUT2D eigenvalue weighted by molar-refractivity contribution is 0.662. The summed E-state index contributed by atoms with van der Waals surface area (Å²) in [5.41, 5.74) is -0.134. The normalized spacial score (nSPS) is 18.0. The number of thioether (sulfide) groups is 1. The predicted octanol–water partition coefficient (Wildman–Crippen LogP) is 1.08. The van der Waals surface area contributed by atoms with Gasteiger partial charge in [-0.2, -0.15) is 11.8 Å². The van der Waals surface area contributed by atoms with Gasteiger partial charge in [-0.25, -0.2) is 4.98 Å². The average Bonchev–Trinajstić information content (AvgIpc) is 2.23. The summed E-state index contributed by atoms with van der Waals surface area (Å²) in [5, 5.41) is 3.18. The molecule has 2 N–H and O–H groups in total. The summed E-state index contributed by atoms with van der Waals surface area (Å²) >= 11 is 1.97. The SMILES string of the molecule is O=c1[nH]ccnc1NC1CCSCC1. The number of H-pyrrole nitrogens is 1. The average molecular weight is 211 g/mol. The molecule has 1 aliphatic heterocycles. The van der Waals surface area contributed by atoms with E-state index >= 15 is 0 Å². The van der Waals surface area contributed by atoms with Gasteiger partial charge in [0.15, 0.2) is 5.82 Å².